The summed E-state index contributed by atoms with van der Waals surface area (Å²) in [5.41, 5.74) is 8.04. The number of fused-ring (bicyclic) bond motifs is 10. The molecule has 2 aliphatic rings. The average Bonchev–Trinajstić information content (AvgIpc) is 3.51. The fourth-order valence-electron chi connectivity index (χ4n) is 6.51. The highest BCUT2D eigenvalue weighted by Gasteiger charge is 2.52. The summed E-state index contributed by atoms with van der Waals surface area (Å²) in [5, 5.41) is 1.86. The summed E-state index contributed by atoms with van der Waals surface area (Å²) in [5.74, 6) is 0. The Balaban J connectivity index is 1.39. The van der Waals surface area contributed by atoms with Gasteiger partial charge in [-0.15, -0.1) is 0 Å². The molecule has 2 aliphatic carbocycles. The van der Waals surface area contributed by atoms with Crippen LogP contribution in [0.2, 0.25) is 10.0 Å². The van der Waals surface area contributed by atoms with Gasteiger partial charge in [0.15, 0.2) is 0 Å². The van der Waals surface area contributed by atoms with Crippen LogP contribution < -0.4 is 0 Å². The molecule has 0 fully saturated rings. The molecule has 2 heterocycles. The lowest BCUT2D eigenvalue weighted by atomic mass is 9.70. The molecule has 0 radical (unpaired) electrons. The topological polar surface area (TPSA) is 59.9 Å². The third-order valence-electron chi connectivity index (χ3n) is 8.24. The molecule has 6 aromatic rings. The van der Waals surface area contributed by atoms with Gasteiger partial charge in [-0.2, -0.15) is 0 Å². The van der Waals surface area contributed by atoms with Gasteiger partial charge < -0.3 is 0 Å². The van der Waals surface area contributed by atoms with Crippen molar-refractivity contribution in [3.63, 3.8) is 0 Å². The van der Waals surface area contributed by atoms with Crippen molar-refractivity contribution in [1.29, 1.82) is 0 Å². The predicted molar refractivity (Wildman–Crippen MR) is 171 cm³/mol. The normalized spacial score (nSPS) is 14.9. The molecule has 8 rings (SSSR count). The van der Waals surface area contributed by atoms with E-state index >= 15 is 0 Å². The van der Waals surface area contributed by atoms with E-state index < -0.39 is 27.0 Å². The second-order valence-electron chi connectivity index (χ2n) is 10.4. The molecule has 0 bridgehead atoms. The van der Waals surface area contributed by atoms with E-state index in [9.17, 15) is 8.42 Å². The quantitative estimate of drug-likeness (QED) is 0.195. The van der Waals surface area contributed by atoms with Crippen LogP contribution in [0, 0.1) is 0 Å². The lowest BCUT2D eigenvalue weighted by molar-refractivity contribution is 0.679. The summed E-state index contributed by atoms with van der Waals surface area (Å²) in [4.78, 5) is 9.97. The van der Waals surface area contributed by atoms with E-state index in [1.807, 2.05) is 24.3 Å². The van der Waals surface area contributed by atoms with Crippen molar-refractivity contribution >= 4 is 44.8 Å². The smallest absolute Gasteiger partial charge is 0.132 e. The summed E-state index contributed by atoms with van der Waals surface area (Å²) in [7, 11) is -3.04. The standard InChI is InChI=1S/C35H20Cl2N2O2S2/c36-21-9-15-33(38-19-21)42(40)23-11-13-27-28-14-12-24(43(41)34-16-10-22(37)20-39-34)18-32(28)35(31(27)17-23)29-7-3-1-5-25(29)26-6-2-4-8-30(26)35/h1-20H. The van der Waals surface area contributed by atoms with Crippen molar-refractivity contribution < 1.29 is 8.42 Å². The number of halogens is 2. The Labute approximate surface area is 263 Å². The molecule has 1 spiro atoms. The summed E-state index contributed by atoms with van der Waals surface area (Å²) in [6.45, 7) is 0. The maximum absolute atomic E-state index is 13.8. The van der Waals surface area contributed by atoms with Crippen LogP contribution in [0.3, 0.4) is 0 Å². The summed E-state index contributed by atoms with van der Waals surface area (Å²) >= 11 is 12.1. The third kappa shape index (κ3) is 3.94. The van der Waals surface area contributed by atoms with Gasteiger partial charge in [-0.25, -0.2) is 18.4 Å². The van der Waals surface area contributed by atoms with Crippen molar-refractivity contribution in [3.8, 4) is 22.3 Å². The van der Waals surface area contributed by atoms with Crippen molar-refractivity contribution in [3.05, 3.63) is 154 Å². The minimum atomic E-state index is -1.52. The van der Waals surface area contributed by atoms with E-state index in [1.165, 1.54) is 12.4 Å². The maximum atomic E-state index is 13.8. The van der Waals surface area contributed by atoms with Crippen molar-refractivity contribution in [2.45, 2.75) is 25.3 Å². The number of hydrogen-bond acceptors (Lipinski definition) is 4. The number of benzene rings is 4. The van der Waals surface area contributed by atoms with Crippen LogP contribution in [0.5, 0.6) is 0 Å². The molecule has 2 aromatic heterocycles. The minimum absolute atomic E-state index is 0.439. The van der Waals surface area contributed by atoms with Gasteiger partial charge in [-0.3, -0.25) is 0 Å². The van der Waals surface area contributed by atoms with Crippen LogP contribution in [0.4, 0.5) is 0 Å². The molecule has 8 heteroatoms. The molecule has 208 valence electrons. The second kappa shape index (κ2) is 10.1. The van der Waals surface area contributed by atoms with E-state index in [2.05, 4.69) is 70.6 Å². The SMILES string of the molecule is O=S(c1ccc2c(c1)C1(c3ccccc3-c3ccccc31)c1cc(S(=O)c3ccc(Cl)cn3)ccc1-2)c1ccc(Cl)cn1. The van der Waals surface area contributed by atoms with E-state index in [-0.39, 0.29) is 0 Å². The summed E-state index contributed by atoms with van der Waals surface area (Å²) in [6, 6.07) is 35.7. The number of hydrogen-bond donors (Lipinski definition) is 0. The molecular formula is C35H20Cl2N2O2S2. The number of rotatable bonds is 4. The van der Waals surface area contributed by atoms with Gasteiger partial charge in [0.25, 0.3) is 0 Å². The first-order valence-electron chi connectivity index (χ1n) is 13.5. The highest BCUT2D eigenvalue weighted by molar-refractivity contribution is 7.85. The lowest BCUT2D eigenvalue weighted by Gasteiger charge is -2.31. The molecule has 4 nitrogen and oxygen atoms in total. The number of pyridine rings is 2. The molecule has 0 amide bonds. The fourth-order valence-corrected chi connectivity index (χ4v) is 8.73. The molecule has 0 aliphatic heterocycles. The molecule has 2 unspecified atom stereocenters. The summed E-state index contributed by atoms with van der Waals surface area (Å²) < 4.78 is 27.6. The molecule has 0 saturated carbocycles. The average molecular weight is 636 g/mol. The molecular weight excluding hydrogens is 615 g/mol. The highest BCUT2D eigenvalue weighted by Crippen LogP contribution is 2.63. The zero-order chi connectivity index (χ0) is 29.3. The summed E-state index contributed by atoms with van der Waals surface area (Å²) in [6.07, 6.45) is 3.03. The monoisotopic (exact) mass is 634 g/mol. The largest absolute Gasteiger partial charge is 0.247 e. The van der Waals surface area contributed by atoms with Crippen molar-refractivity contribution in [2.75, 3.05) is 0 Å². The molecule has 43 heavy (non-hydrogen) atoms. The Morgan fingerprint density at radius 1 is 0.488 bits per heavy atom. The number of nitrogens with zero attached hydrogens (tertiary/aromatic N) is 2. The predicted octanol–water partition coefficient (Wildman–Crippen LogP) is 8.46. The molecule has 0 N–H and O–H groups in total. The van der Waals surface area contributed by atoms with Gasteiger partial charge in [0.05, 0.1) is 15.5 Å². The van der Waals surface area contributed by atoms with Crippen LogP contribution in [-0.4, -0.2) is 18.4 Å². The molecule has 0 saturated heterocycles. The molecule has 2 atom stereocenters. The Bertz CT molecular complexity index is 1990. The van der Waals surface area contributed by atoms with E-state index in [4.69, 9.17) is 23.2 Å². The van der Waals surface area contributed by atoms with Crippen LogP contribution in [0.15, 0.2) is 141 Å². The van der Waals surface area contributed by atoms with Crippen LogP contribution >= 0.6 is 23.2 Å². The Kier molecular flexibility index (Phi) is 6.24. The Morgan fingerprint density at radius 2 is 0.907 bits per heavy atom. The zero-order valence-electron chi connectivity index (χ0n) is 22.3. The van der Waals surface area contributed by atoms with Gasteiger partial charge >= 0.3 is 0 Å². The number of aromatic nitrogens is 2. The van der Waals surface area contributed by atoms with Gasteiger partial charge in [-0.05, 0) is 93.0 Å². The fraction of sp³-hybridized carbons (Fsp3) is 0.0286. The van der Waals surface area contributed by atoms with E-state index in [1.54, 1.807) is 24.3 Å². The van der Waals surface area contributed by atoms with Gasteiger partial charge in [-0.1, -0.05) is 83.9 Å². The van der Waals surface area contributed by atoms with Gasteiger partial charge in [0, 0.05) is 22.2 Å². The first-order chi connectivity index (χ1) is 21.0. The Hall–Kier alpha value is -3.94. The maximum Gasteiger partial charge on any atom is 0.132 e. The van der Waals surface area contributed by atoms with E-state index in [0.717, 1.165) is 44.5 Å². The minimum Gasteiger partial charge on any atom is -0.247 e. The lowest BCUT2D eigenvalue weighted by Crippen LogP contribution is -2.26. The van der Waals surface area contributed by atoms with Crippen molar-refractivity contribution in [1.82, 2.24) is 9.97 Å². The van der Waals surface area contributed by atoms with Crippen molar-refractivity contribution in [2.24, 2.45) is 0 Å². The van der Waals surface area contributed by atoms with E-state index in [0.29, 0.717) is 29.9 Å². The Morgan fingerprint density at radius 3 is 1.33 bits per heavy atom. The first kappa shape index (κ1) is 26.7. The second-order valence-corrected chi connectivity index (χ2v) is 14.1. The van der Waals surface area contributed by atoms with Crippen LogP contribution in [0.25, 0.3) is 22.3 Å². The van der Waals surface area contributed by atoms with Crippen LogP contribution in [0.1, 0.15) is 22.3 Å². The van der Waals surface area contributed by atoms with Gasteiger partial charge in [0.2, 0.25) is 0 Å². The first-order valence-corrected chi connectivity index (χ1v) is 16.6. The highest BCUT2D eigenvalue weighted by atomic mass is 35.5. The third-order valence-corrected chi connectivity index (χ3v) is 11.3. The van der Waals surface area contributed by atoms with Crippen LogP contribution in [-0.2, 0) is 27.0 Å². The molecule has 4 aromatic carbocycles. The zero-order valence-corrected chi connectivity index (χ0v) is 25.5. The van der Waals surface area contributed by atoms with Gasteiger partial charge in [0.1, 0.15) is 31.7 Å².